The van der Waals surface area contributed by atoms with Gasteiger partial charge in [0.05, 0.1) is 17.7 Å². The summed E-state index contributed by atoms with van der Waals surface area (Å²) in [5, 5.41) is 42.7. The lowest BCUT2D eigenvalue weighted by Gasteiger charge is -2.22. The highest BCUT2D eigenvalue weighted by Gasteiger charge is 2.35. The Kier molecular flexibility index (Phi) is 16.1. The molecule has 0 saturated carbocycles. The van der Waals surface area contributed by atoms with Gasteiger partial charge in [0, 0.05) is 16.3 Å². The van der Waals surface area contributed by atoms with E-state index in [4.69, 9.17) is 26.8 Å². The molecule has 1 saturated heterocycles. The number of aliphatic carboxylic acids is 3. The molecule has 0 aromatic heterocycles. The molecule has 3 atom stereocenters. The van der Waals surface area contributed by atoms with Crippen LogP contribution in [0.3, 0.4) is 0 Å². The first kappa shape index (κ1) is 35.4. The number of nitriles is 1. The number of carbonyl (C=O) groups excluding carboxylic acids is 1. The molecule has 0 radical (unpaired) electrons. The molecule has 14 heteroatoms. The number of likely N-dealkylation sites (tertiary alicyclic amines) is 1. The van der Waals surface area contributed by atoms with Gasteiger partial charge in [0.25, 0.3) is 5.91 Å². The van der Waals surface area contributed by atoms with Crippen molar-refractivity contribution in [3.8, 4) is 6.07 Å². The van der Waals surface area contributed by atoms with Crippen LogP contribution in [-0.4, -0.2) is 92.4 Å². The highest BCUT2D eigenvalue weighted by Crippen LogP contribution is 2.34. The molecule has 0 aliphatic carbocycles. The van der Waals surface area contributed by atoms with Crippen LogP contribution in [0.15, 0.2) is 58.3 Å². The van der Waals surface area contributed by atoms with Gasteiger partial charge in [-0.3, -0.25) is 14.4 Å². The molecule has 1 amide bonds. The summed E-state index contributed by atoms with van der Waals surface area (Å²) in [5.74, 6) is -2.52. The van der Waals surface area contributed by atoms with Crippen molar-refractivity contribution in [3.05, 3.63) is 59.7 Å². The number of aliphatic hydroxyl groups is 1. The van der Waals surface area contributed by atoms with Gasteiger partial charge in [-0.2, -0.15) is 17.0 Å². The molecule has 41 heavy (non-hydrogen) atoms. The van der Waals surface area contributed by atoms with Crippen molar-refractivity contribution in [1.29, 1.82) is 5.26 Å². The number of thioether (sulfide) groups is 1. The molecule has 2 aromatic carbocycles. The molecule has 0 bridgehead atoms. The van der Waals surface area contributed by atoms with E-state index in [1.165, 1.54) is 16.7 Å². The Morgan fingerprint density at radius 1 is 1.00 bits per heavy atom. The first-order chi connectivity index (χ1) is 19.5. The predicted octanol–water partition coefficient (Wildman–Crippen LogP) is 1.94. The van der Waals surface area contributed by atoms with Crippen LogP contribution >= 0.6 is 23.5 Å². The van der Waals surface area contributed by atoms with Crippen molar-refractivity contribution in [2.75, 3.05) is 25.2 Å². The molecular formula is C27H34N4O8S2. The molecule has 222 valence electrons. The van der Waals surface area contributed by atoms with E-state index in [0.29, 0.717) is 41.8 Å². The number of carboxylic acid groups (broad SMARTS) is 3. The minimum atomic E-state index is -1.18. The number of carboxylic acids is 3. The molecule has 1 fully saturated rings. The molecule has 1 aliphatic rings. The highest BCUT2D eigenvalue weighted by atomic mass is 32.2. The van der Waals surface area contributed by atoms with Crippen LogP contribution < -0.4 is 11.5 Å². The lowest BCUT2D eigenvalue weighted by Crippen LogP contribution is -2.40. The highest BCUT2D eigenvalue weighted by molar-refractivity contribution is 7.99. The zero-order valence-electron chi connectivity index (χ0n) is 22.4. The van der Waals surface area contributed by atoms with E-state index in [1.807, 2.05) is 30.5 Å². The maximum absolute atomic E-state index is 12.9. The second kappa shape index (κ2) is 18.7. The average molecular weight is 607 g/mol. The van der Waals surface area contributed by atoms with E-state index >= 15 is 0 Å². The third kappa shape index (κ3) is 11.8. The molecule has 8 N–H and O–H groups in total. The van der Waals surface area contributed by atoms with Crippen LogP contribution in [0.4, 0.5) is 0 Å². The van der Waals surface area contributed by atoms with E-state index in [1.54, 1.807) is 36.0 Å². The van der Waals surface area contributed by atoms with Crippen LogP contribution in [0.2, 0.25) is 0 Å². The molecule has 3 rings (SSSR count). The molecule has 0 unspecified atom stereocenters. The number of nitrogens with zero attached hydrogens (tertiary/aromatic N) is 2. The zero-order valence-corrected chi connectivity index (χ0v) is 24.0. The molecule has 2 aromatic rings. The first-order valence-electron chi connectivity index (χ1n) is 12.3. The molecule has 0 spiro atoms. The number of nitrogens with two attached hydrogens (primary N) is 2. The third-order valence-corrected chi connectivity index (χ3v) is 7.40. The number of hydrogen-bond donors (Lipinski definition) is 6. The Hall–Kier alpha value is -3.61. The van der Waals surface area contributed by atoms with Crippen LogP contribution in [-0.2, 0) is 14.4 Å². The Labute approximate surface area is 246 Å². The maximum Gasteiger partial charge on any atom is 0.326 e. The number of benzene rings is 2. The fourth-order valence-electron chi connectivity index (χ4n) is 3.37. The second-order valence-corrected chi connectivity index (χ2v) is 10.6. The average Bonchev–Trinajstić information content (AvgIpc) is 3.47. The Morgan fingerprint density at radius 3 is 2.10 bits per heavy atom. The third-order valence-electron chi connectivity index (χ3n) is 5.61. The molecule has 1 aliphatic heterocycles. The summed E-state index contributed by atoms with van der Waals surface area (Å²) in [6.45, 7) is -0.0566. The molecule has 12 nitrogen and oxygen atoms in total. The van der Waals surface area contributed by atoms with Crippen LogP contribution in [0, 0.1) is 11.3 Å². The van der Waals surface area contributed by atoms with Crippen molar-refractivity contribution in [1.82, 2.24) is 4.90 Å². The van der Waals surface area contributed by atoms with Gasteiger partial charge in [-0.05, 0) is 55.5 Å². The Morgan fingerprint density at radius 2 is 1.59 bits per heavy atom. The minimum absolute atomic E-state index is 0.276. The second-order valence-electron chi connectivity index (χ2n) is 8.55. The van der Waals surface area contributed by atoms with Gasteiger partial charge in [0.2, 0.25) is 0 Å². The van der Waals surface area contributed by atoms with E-state index in [2.05, 4.69) is 6.07 Å². The van der Waals surface area contributed by atoms with E-state index < -0.39 is 42.6 Å². The normalized spacial score (nSPS) is 15.2. The largest absolute Gasteiger partial charge is 0.480 e. The van der Waals surface area contributed by atoms with Gasteiger partial charge in [0.1, 0.15) is 24.2 Å². The summed E-state index contributed by atoms with van der Waals surface area (Å²) in [7, 11) is 0. The van der Waals surface area contributed by atoms with Crippen molar-refractivity contribution in [2.45, 2.75) is 47.2 Å². The molecular weight excluding hydrogens is 572 g/mol. The van der Waals surface area contributed by atoms with E-state index in [0.717, 1.165) is 10.6 Å². The Bertz CT molecular complexity index is 1220. The van der Waals surface area contributed by atoms with Gasteiger partial charge in [-0.1, -0.05) is 36.0 Å². The summed E-state index contributed by atoms with van der Waals surface area (Å²) < 4.78 is 0. The minimum Gasteiger partial charge on any atom is -0.480 e. The number of rotatable bonds is 10. The number of amides is 1. The molecule has 1 heterocycles. The number of carbonyl (C=O) groups is 4. The standard InChI is InChI=1S/C19H16N2O3S.C5H11NO2S.C3H7NO3/c20-12-13-6-1-3-9-16(13)25-17-10-4-2-7-14(17)18(22)21-11-5-8-15(21)19(23)24;1-9-3-2-4(6)5(7)8;4-2(1-5)3(6)7/h1-4,6-7,9-10,15H,5,8,11H2,(H,23,24);4H,2-3,6H2,1H3,(H,7,8);2,5H,1,4H2,(H,6,7)/t15-;4-;2-/m000/s1. The van der Waals surface area contributed by atoms with Crippen molar-refractivity contribution in [3.63, 3.8) is 0 Å². The summed E-state index contributed by atoms with van der Waals surface area (Å²) in [5.41, 5.74) is 11.0. The fraction of sp³-hybridized carbons (Fsp3) is 0.370. The topological polar surface area (TPSA) is 228 Å². The monoisotopic (exact) mass is 606 g/mol. The smallest absolute Gasteiger partial charge is 0.326 e. The number of aliphatic hydroxyl groups excluding tert-OH is 1. The van der Waals surface area contributed by atoms with Crippen LogP contribution in [0.25, 0.3) is 0 Å². The van der Waals surface area contributed by atoms with Crippen LogP contribution in [0.1, 0.15) is 35.2 Å². The van der Waals surface area contributed by atoms with Gasteiger partial charge >= 0.3 is 17.9 Å². The maximum atomic E-state index is 12.9. The first-order valence-corrected chi connectivity index (χ1v) is 14.6. The quantitative estimate of drug-likeness (QED) is 0.227. The SMILES string of the molecule is CSCC[C@H](N)C(=O)O.N#Cc1ccccc1Sc1ccccc1C(=O)N1CCC[C@H]1C(=O)O.N[C@@H](CO)C(=O)O. The van der Waals surface area contributed by atoms with Crippen molar-refractivity contribution in [2.24, 2.45) is 11.5 Å². The zero-order chi connectivity index (χ0) is 30.9. The fourth-order valence-corrected chi connectivity index (χ4v) is 4.88. The van der Waals surface area contributed by atoms with Gasteiger partial charge < -0.3 is 36.8 Å². The van der Waals surface area contributed by atoms with Crippen LogP contribution in [0.5, 0.6) is 0 Å². The summed E-state index contributed by atoms with van der Waals surface area (Å²) in [6.07, 6.45) is 3.65. The summed E-state index contributed by atoms with van der Waals surface area (Å²) >= 11 is 2.95. The van der Waals surface area contributed by atoms with Gasteiger partial charge in [0.15, 0.2) is 0 Å². The Balaban J connectivity index is 0.000000433. The predicted molar refractivity (Wildman–Crippen MR) is 155 cm³/mol. The lowest BCUT2D eigenvalue weighted by molar-refractivity contribution is -0.141. The number of hydrogen-bond acceptors (Lipinski definition) is 10. The van der Waals surface area contributed by atoms with E-state index in [-0.39, 0.29) is 5.91 Å². The van der Waals surface area contributed by atoms with E-state index in [9.17, 15) is 29.5 Å². The van der Waals surface area contributed by atoms with Crippen molar-refractivity contribution >= 4 is 47.3 Å². The van der Waals surface area contributed by atoms with Gasteiger partial charge in [-0.15, -0.1) is 0 Å². The lowest BCUT2D eigenvalue weighted by atomic mass is 10.1. The van der Waals surface area contributed by atoms with Gasteiger partial charge in [-0.25, -0.2) is 4.79 Å². The van der Waals surface area contributed by atoms with Crippen molar-refractivity contribution < 1.29 is 39.6 Å². The summed E-state index contributed by atoms with van der Waals surface area (Å²) in [6, 6.07) is 13.9. The summed E-state index contributed by atoms with van der Waals surface area (Å²) in [4.78, 5) is 46.9.